The summed E-state index contributed by atoms with van der Waals surface area (Å²) in [6.07, 6.45) is -4.69. The fraction of sp³-hybridized carbons (Fsp3) is 0.467. The largest absolute Gasteiger partial charge is 0.394 e. The van der Waals surface area contributed by atoms with Crippen LogP contribution < -0.4 is 5.73 Å². The number of likely N-dealkylation sites (tertiary alicyclic amines) is 1. The van der Waals surface area contributed by atoms with E-state index in [9.17, 15) is 22.8 Å². The zero-order valence-electron chi connectivity index (χ0n) is 12.4. The molecule has 1 fully saturated rings. The molecule has 2 atom stereocenters. The predicted molar refractivity (Wildman–Crippen MR) is 78.7 cm³/mol. The number of alkyl halides is 3. The fourth-order valence-electron chi connectivity index (χ4n) is 2.75. The number of hydrogen-bond donors (Lipinski definition) is 1. The molecule has 2 N–H and O–H groups in total. The summed E-state index contributed by atoms with van der Waals surface area (Å²) in [5.74, 6) is -4.88. The molecular weight excluding hydrogens is 333 g/mol. The number of halogens is 4. The maximum Gasteiger partial charge on any atom is 0.394 e. The number of amides is 2. The zero-order valence-corrected chi connectivity index (χ0v) is 13.1. The lowest BCUT2D eigenvalue weighted by Gasteiger charge is -2.19. The second-order valence-corrected chi connectivity index (χ2v) is 6.06. The van der Waals surface area contributed by atoms with Crippen LogP contribution in [0.3, 0.4) is 0 Å². The molecule has 1 aliphatic heterocycles. The van der Waals surface area contributed by atoms with Gasteiger partial charge < -0.3 is 10.6 Å². The number of carbonyl (C=O) groups excluding carboxylic acids is 2. The third-order valence-electron chi connectivity index (χ3n) is 4.07. The van der Waals surface area contributed by atoms with Crippen LogP contribution in [0.2, 0.25) is 5.02 Å². The summed E-state index contributed by atoms with van der Waals surface area (Å²) in [6.45, 7) is 0.899. The van der Waals surface area contributed by atoms with Crippen molar-refractivity contribution in [1.29, 1.82) is 0 Å². The van der Waals surface area contributed by atoms with Gasteiger partial charge in [-0.3, -0.25) is 9.59 Å². The Morgan fingerprint density at radius 2 is 2.00 bits per heavy atom. The molecule has 2 rings (SSSR count). The number of aryl methyl sites for hydroxylation is 1. The molecule has 0 aliphatic carbocycles. The van der Waals surface area contributed by atoms with Gasteiger partial charge in [-0.1, -0.05) is 29.8 Å². The summed E-state index contributed by atoms with van der Waals surface area (Å²) >= 11 is 6.10. The molecular formula is C15H16ClF3N2O2. The lowest BCUT2D eigenvalue weighted by molar-refractivity contribution is -0.182. The first-order chi connectivity index (χ1) is 10.6. The van der Waals surface area contributed by atoms with Gasteiger partial charge in [0.25, 0.3) is 0 Å². The Morgan fingerprint density at radius 1 is 1.35 bits per heavy atom. The lowest BCUT2D eigenvalue weighted by atomic mass is 9.95. The Hall–Kier alpha value is -1.76. The molecule has 8 heteroatoms. The van der Waals surface area contributed by atoms with Crippen LogP contribution in [0.25, 0.3) is 0 Å². The normalized spacial score (nSPS) is 21.5. The van der Waals surface area contributed by atoms with Gasteiger partial charge in [0.2, 0.25) is 11.8 Å². The highest BCUT2D eigenvalue weighted by Crippen LogP contribution is 2.37. The topological polar surface area (TPSA) is 63.4 Å². The van der Waals surface area contributed by atoms with Crippen LogP contribution in [0.4, 0.5) is 13.2 Å². The molecule has 126 valence electrons. The maximum absolute atomic E-state index is 13.0. The van der Waals surface area contributed by atoms with Crippen LogP contribution in [0, 0.1) is 18.8 Å². The second kappa shape index (κ2) is 6.39. The molecule has 0 unspecified atom stereocenters. The minimum Gasteiger partial charge on any atom is -0.369 e. The van der Waals surface area contributed by atoms with Gasteiger partial charge in [0.05, 0.1) is 18.3 Å². The quantitative estimate of drug-likeness (QED) is 0.911. The number of rotatable bonds is 3. The smallest absolute Gasteiger partial charge is 0.369 e. The van der Waals surface area contributed by atoms with Gasteiger partial charge in [-0.2, -0.15) is 13.2 Å². The number of hydrogen-bond acceptors (Lipinski definition) is 2. The van der Waals surface area contributed by atoms with Crippen LogP contribution >= 0.6 is 11.6 Å². The number of nitrogens with two attached hydrogens (primary N) is 1. The number of primary amides is 1. The molecule has 1 heterocycles. The molecule has 1 aromatic rings. The van der Waals surface area contributed by atoms with Gasteiger partial charge in [0.15, 0.2) is 0 Å². The molecule has 0 radical (unpaired) electrons. The van der Waals surface area contributed by atoms with E-state index in [0.717, 1.165) is 10.5 Å². The number of carbonyl (C=O) groups is 2. The molecule has 0 bridgehead atoms. The van der Waals surface area contributed by atoms with Crippen molar-refractivity contribution < 1.29 is 22.8 Å². The van der Waals surface area contributed by atoms with E-state index in [0.29, 0.717) is 10.6 Å². The zero-order chi connectivity index (χ0) is 17.4. The number of benzene rings is 1. The van der Waals surface area contributed by atoms with E-state index in [1.54, 1.807) is 25.1 Å². The third kappa shape index (κ3) is 3.77. The van der Waals surface area contributed by atoms with E-state index in [1.807, 2.05) is 0 Å². The van der Waals surface area contributed by atoms with Gasteiger partial charge in [-0.25, -0.2) is 0 Å². The highest BCUT2D eigenvalue weighted by atomic mass is 35.5. The minimum atomic E-state index is -4.57. The van der Waals surface area contributed by atoms with Gasteiger partial charge in [0.1, 0.15) is 0 Å². The Kier molecular flexibility index (Phi) is 4.89. The molecule has 0 spiro atoms. The number of nitrogens with zero attached hydrogens (tertiary/aromatic N) is 1. The van der Waals surface area contributed by atoms with Crippen molar-refractivity contribution in [1.82, 2.24) is 4.90 Å². The van der Waals surface area contributed by atoms with E-state index in [4.69, 9.17) is 17.3 Å². The Labute approximate surface area is 136 Å². The van der Waals surface area contributed by atoms with Crippen molar-refractivity contribution in [3.05, 3.63) is 34.3 Å². The van der Waals surface area contributed by atoms with Crippen LogP contribution in [0.5, 0.6) is 0 Å². The minimum absolute atomic E-state index is 0.115. The van der Waals surface area contributed by atoms with Crippen LogP contribution in [-0.2, 0) is 16.0 Å². The Bertz CT molecular complexity index is 634. The molecule has 1 aromatic carbocycles. The SMILES string of the molecule is Cc1cccc(CC(=O)N2C[C@@H](C(F)(F)F)[C@H](C(N)=O)C2)c1Cl. The predicted octanol–water partition coefficient (Wildman–Crippen LogP) is 2.31. The van der Waals surface area contributed by atoms with Gasteiger partial charge in [-0.15, -0.1) is 0 Å². The Morgan fingerprint density at radius 3 is 2.52 bits per heavy atom. The van der Waals surface area contributed by atoms with E-state index in [1.165, 1.54) is 0 Å². The summed E-state index contributed by atoms with van der Waals surface area (Å²) in [4.78, 5) is 24.5. The van der Waals surface area contributed by atoms with E-state index < -0.39 is 36.4 Å². The molecule has 2 amide bonds. The van der Waals surface area contributed by atoms with Crippen molar-refractivity contribution in [2.75, 3.05) is 13.1 Å². The van der Waals surface area contributed by atoms with Crippen molar-refractivity contribution in [3.63, 3.8) is 0 Å². The van der Waals surface area contributed by atoms with Crippen molar-refractivity contribution in [3.8, 4) is 0 Å². The molecule has 1 aliphatic rings. The van der Waals surface area contributed by atoms with Gasteiger partial charge in [0, 0.05) is 18.1 Å². The summed E-state index contributed by atoms with van der Waals surface area (Å²) in [5.41, 5.74) is 6.37. The molecule has 0 saturated carbocycles. The first kappa shape index (κ1) is 17.6. The van der Waals surface area contributed by atoms with E-state index in [2.05, 4.69) is 0 Å². The summed E-state index contributed by atoms with van der Waals surface area (Å²) in [5, 5.41) is 0.416. The molecule has 23 heavy (non-hydrogen) atoms. The average molecular weight is 349 g/mol. The lowest BCUT2D eigenvalue weighted by Crippen LogP contribution is -2.37. The highest BCUT2D eigenvalue weighted by Gasteiger charge is 2.52. The van der Waals surface area contributed by atoms with Crippen molar-refractivity contribution >= 4 is 23.4 Å². The first-order valence-electron chi connectivity index (χ1n) is 6.99. The van der Waals surface area contributed by atoms with Crippen LogP contribution in [0.1, 0.15) is 11.1 Å². The van der Waals surface area contributed by atoms with Crippen LogP contribution in [0.15, 0.2) is 18.2 Å². The standard InChI is InChI=1S/C15H16ClF3N2O2/c1-8-3-2-4-9(13(8)16)5-12(22)21-6-10(14(20)23)11(7-21)15(17,18)19/h2-4,10-11H,5-7H2,1H3,(H2,20,23)/t10-,11-/m1/s1. The average Bonchev–Trinajstić information content (AvgIpc) is 2.89. The maximum atomic E-state index is 13.0. The molecule has 4 nitrogen and oxygen atoms in total. The monoisotopic (exact) mass is 348 g/mol. The third-order valence-corrected chi connectivity index (χ3v) is 4.61. The highest BCUT2D eigenvalue weighted by molar-refractivity contribution is 6.32. The van der Waals surface area contributed by atoms with Gasteiger partial charge >= 0.3 is 6.18 Å². The van der Waals surface area contributed by atoms with Gasteiger partial charge in [-0.05, 0) is 18.1 Å². The molecule has 1 saturated heterocycles. The summed E-state index contributed by atoms with van der Waals surface area (Å²) in [7, 11) is 0. The first-order valence-corrected chi connectivity index (χ1v) is 7.37. The van der Waals surface area contributed by atoms with E-state index in [-0.39, 0.29) is 13.0 Å². The van der Waals surface area contributed by atoms with Crippen LogP contribution in [-0.4, -0.2) is 36.0 Å². The van der Waals surface area contributed by atoms with E-state index >= 15 is 0 Å². The van der Waals surface area contributed by atoms with Crippen molar-refractivity contribution in [2.45, 2.75) is 19.5 Å². The van der Waals surface area contributed by atoms with Crippen molar-refractivity contribution in [2.24, 2.45) is 17.6 Å². The fourth-order valence-corrected chi connectivity index (χ4v) is 2.94. The second-order valence-electron chi connectivity index (χ2n) is 5.68. The summed E-state index contributed by atoms with van der Waals surface area (Å²) in [6, 6.07) is 5.14. The summed E-state index contributed by atoms with van der Waals surface area (Å²) < 4.78 is 39.0. The Balaban J connectivity index is 2.15. The molecule has 0 aromatic heterocycles.